The largest absolute Gasteiger partial charge is 0.465 e. The molecule has 7 nitrogen and oxygen atoms in total. The summed E-state index contributed by atoms with van der Waals surface area (Å²) in [5.41, 5.74) is 1.52. The predicted molar refractivity (Wildman–Crippen MR) is 135 cm³/mol. The molecule has 2 aromatic carbocycles. The molecule has 7 heteroatoms. The van der Waals surface area contributed by atoms with Crippen LogP contribution < -0.4 is 4.74 Å². The van der Waals surface area contributed by atoms with E-state index in [1.54, 1.807) is 33.0 Å². The summed E-state index contributed by atoms with van der Waals surface area (Å²) in [6.07, 6.45) is 2.44. The molecular weight excluding hydrogens is 458 g/mol. The van der Waals surface area contributed by atoms with Crippen molar-refractivity contribution in [2.75, 3.05) is 7.11 Å². The lowest BCUT2D eigenvalue weighted by Crippen LogP contribution is -2.47. The highest BCUT2D eigenvalue weighted by molar-refractivity contribution is 6.18. The lowest BCUT2D eigenvalue weighted by Gasteiger charge is -2.47. The van der Waals surface area contributed by atoms with Crippen LogP contribution in [0, 0.1) is 5.92 Å². The summed E-state index contributed by atoms with van der Waals surface area (Å²) in [5, 5.41) is 0. The van der Waals surface area contributed by atoms with Crippen LogP contribution in [0.4, 0.5) is 0 Å². The summed E-state index contributed by atoms with van der Waals surface area (Å²) in [7, 11) is 1.33. The van der Waals surface area contributed by atoms with Crippen LogP contribution in [0.15, 0.2) is 54.2 Å². The molecule has 2 aliphatic heterocycles. The average molecular weight is 492 g/mol. The number of esters is 2. The molecule has 0 aliphatic carbocycles. The highest BCUT2D eigenvalue weighted by Gasteiger charge is 2.42. The molecule has 0 fully saturated rings. The number of carbonyl (C=O) groups is 3. The van der Waals surface area contributed by atoms with E-state index in [4.69, 9.17) is 14.2 Å². The van der Waals surface area contributed by atoms with Crippen molar-refractivity contribution in [3.05, 3.63) is 70.9 Å². The Morgan fingerprint density at radius 1 is 1.03 bits per heavy atom. The van der Waals surface area contributed by atoms with Gasteiger partial charge in [-0.05, 0) is 68.5 Å². The second-order valence-electron chi connectivity index (χ2n) is 10.6. The molecule has 4 rings (SSSR count). The minimum atomic E-state index is -0.703. The Labute approximate surface area is 212 Å². The van der Waals surface area contributed by atoms with Gasteiger partial charge in [-0.3, -0.25) is 4.79 Å². The zero-order valence-corrected chi connectivity index (χ0v) is 21.7. The first-order valence-electron chi connectivity index (χ1n) is 12.2. The number of benzene rings is 2. The van der Waals surface area contributed by atoms with E-state index >= 15 is 0 Å². The number of rotatable bonds is 5. The molecular formula is C29H33NO6. The van der Waals surface area contributed by atoms with E-state index in [0.717, 1.165) is 11.1 Å². The first-order chi connectivity index (χ1) is 17.0. The molecule has 0 saturated heterocycles. The van der Waals surface area contributed by atoms with Gasteiger partial charge in [0.25, 0.3) is 0 Å². The fraction of sp³-hybridized carbons (Fsp3) is 0.414. The number of Topliss-reactive ketones (excluding diaryl/α,β-unsaturated/α-hetero) is 1. The summed E-state index contributed by atoms with van der Waals surface area (Å²) in [6.45, 7) is 9.57. The van der Waals surface area contributed by atoms with Gasteiger partial charge in [-0.15, -0.1) is 0 Å². The topological polar surface area (TPSA) is 82.1 Å². The summed E-state index contributed by atoms with van der Waals surface area (Å²) in [5.74, 6) is -0.142. The van der Waals surface area contributed by atoms with Crippen molar-refractivity contribution in [1.29, 1.82) is 0 Å². The Hall–Kier alpha value is -3.61. The Morgan fingerprint density at radius 2 is 1.72 bits per heavy atom. The fourth-order valence-electron chi connectivity index (χ4n) is 4.80. The molecule has 0 bridgehead atoms. The van der Waals surface area contributed by atoms with Crippen molar-refractivity contribution < 1.29 is 28.6 Å². The standard InChI is InChI=1S/C29H33NO6/c1-17(2)23-12-18-13-26(35-19-10-8-7-9-11-19)21(27(32)34-6)14-20(18)24-15-25(31)22(16-30(23)24)28(33)36-29(3,4)5/h7-11,13-14,16-17,23-24H,12,15H2,1-6H3. The number of hydrogen-bond acceptors (Lipinski definition) is 7. The van der Waals surface area contributed by atoms with Crippen LogP contribution in [0.25, 0.3) is 0 Å². The summed E-state index contributed by atoms with van der Waals surface area (Å²) < 4.78 is 16.6. The maximum absolute atomic E-state index is 13.1. The van der Waals surface area contributed by atoms with Crippen molar-refractivity contribution in [3.63, 3.8) is 0 Å². The smallest absolute Gasteiger partial charge is 0.343 e. The number of nitrogens with zero attached hydrogens (tertiary/aromatic N) is 1. The molecule has 36 heavy (non-hydrogen) atoms. The van der Waals surface area contributed by atoms with Gasteiger partial charge >= 0.3 is 11.9 Å². The molecule has 2 aromatic rings. The first-order valence-corrected chi connectivity index (χ1v) is 12.2. The zero-order chi connectivity index (χ0) is 26.2. The normalized spacial score (nSPS) is 19.2. The van der Waals surface area contributed by atoms with E-state index in [2.05, 4.69) is 18.7 Å². The molecule has 2 aliphatic rings. The minimum absolute atomic E-state index is 0.0431. The molecule has 0 radical (unpaired) electrons. The second kappa shape index (κ2) is 9.80. The van der Waals surface area contributed by atoms with E-state index in [-0.39, 0.29) is 41.3 Å². The monoisotopic (exact) mass is 491 g/mol. The third-order valence-electron chi connectivity index (χ3n) is 6.49. The summed E-state index contributed by atoms with van der Waals surface area (Å²) in [6, 6.07) is 12.6. The second-order valence-corrected chi connectivity index (χ2v) is 10.6. The van der Waals surface area contributed by atoms with Gasteiger partial charge in [0.2, 0.25) is 0 Å². The summed E-state index contributed by atoms with van der Waals surface area (Å²) in [4.78, 5) is 40.8. The molecule has 2 unspecified atom stereocenters. The third kappa shape index (κ3) is 5.15. The van der Waals surface area contributed by atoms with E-state index in [0.29, 0.717) is 17.9 Å². The van der Waals surface area contributed by atoms with Gasteiger partial charge in [0.05, 0.1) is 13.2 Å². The van der Waals surface area contributed by atoms with Crippen molar-refractivity contribution in [1.82, 2.24) is 4.90 Å². The number of para-hydroxylation sites is 1. The SMILES string of the molecule is COC(=O)c1cc2c(cc1Oc1ccccc1)CC(C(C)C)N1C=C(C(=O)OC(C)(C)C)C(=O)CC21. The Morgan fingerprint density at radius 3 is 2.33 bits per heavy atom. The van der Waals surface area contributed by atoms with E-state index < -0.39 is 17.5 Å². The molecule has 0 amide bonds. The number of ketones is 1. The van der Waals surface area contributed by atoms with Crippen LogP contribution >= 0.6 is 0 Å². The van der Waals surface area contributed by atoms with Gasteiger partial charge in [-0.2, -0.15) is 0 Å². The van der Waals surface area contributed by atoms with E-state index in [9.17, 15) is 14.4 Å². The highest BCUT2D eigenvalue weighted by atomic mass is 16.6. The first kappa shape index (κ1) is 25.5. The highest BCUT2D eigenvalue weighted by Crippen LogP contribution is 2.44. The lowest BCUT2D eigenvalue weighted by molar-refractivity contribution is -0.151. The number of ether oxygens (including phenoxy) is 3. The van der Waals surface area contributed by atoms with Crippen LogP contribution in [0.2, 0.25) is 0 Å². The maximum atomic E-state index is 13.1. The van der Waals surface area contributed by atoms with Crippen LogP contribution in [0.1, 0.15) is 68.6 Å². The predicted octanol–water partition coefficient (Wildman–Crippen LogP) is 5.39. The lowest BCUT2D eigenvalue weighted by atomic mass is 9.79. The van der Waals surface area contributed by atoms with Crippen LogP contribution in [0.3, 0.4) is 0 Å². The number of hydrogen-bond donors (Lipinski definition) is 0. The van der Waals surface area contributed by atoms with Crippen molar-refractivity contribution in [3.8, 4) is 11.5 Å². The van der Waals surface area contributed by atoms with Gasteiger partial charge in [-0.1, -0.05) is 32.0 Å². The van der Waals surface area contributed by atoms with Crippen LogP contribution in [-0.4, -0.2) is 41.4 Å². The number of carbonyl (C=O) groups excluding carboxylic acids is 3. The Bertz CT molecular complexity index is 1210. The number of methoxy groups -OCH3 is 1. The molecule has 0 N–H and O–H groups in total. The van der Waals surface area contributed by atoms with Gasteiger partial charge in [0.1, 0.15) is 28.2 Å². The van der Waals surface area contributed by atoms with Gasteiger partial charge in [0.15, 0.2) is 5.78 Å². The van der Waals surface area contributed by atoms with E-state index in [1.165, 1.54) is 7.11 Å². The maximum Gasteiger partial charge on any atom is 0.343 e. The van der Waals surface area contributed by atoms with Gasteiger partial charge < -0.3 is 19.1 Å². The molecule has 2 heterocycles. The van der Waals surface area contributed by atoms with Crippen molar-refractivity contribution >= 4 is 17.7 Å². The third-order valence-corrected chi connectivity index (χ3v) is 6.49. The van der Waals surface area contributed by atoms with Crippen molar-refractivity contribution in [2.45, 2.75) is 65.1 Å². The zero-order valence-electron chi connectivity index (χ0n) is 21.7. The minimum Gasteiger partial charge on any atom is -0.465 e. The summed E-state index contributed by atoms with van der Waals surface area (Å²) >= 11 is 0. The van der Waals surface area contributed by atoms with Crippen LogP contribution in [0.5, 0.6) is 11.5 Å². The molecule has 2 atom stereocenters. The Kier molecular flexibility index (Phi) is 6.94. The van der Waals surface area contributed by atoms with Crippen molar-refractivity contribution in [2.24, 2.45) is 5.92 Å². The Balaban J connectivity index is 1.79. The molecule has 0 aromatic heterocycles. The fourth-order valence-corrected chi connectivity index (χ4v) is 4.80. The average Bonchev–Trinajstić information content (AvgIpc) is 2.81. The van der Waals surface area contributed by atoms with Gasteiger partial charge in [0, 0.05) is 18.7 Å². The van der Waals surface area contributed by atoms with E-state index in [1.807, 2.05) is 36.4 Å². The molecule has 0 spiro atoms. The number of fused-ring (bicyclic) bond motifs is 3. The van der Waals surface area contributed by atoms with Crippen LogP contribution in [-0.2, 0) is 25.5 Å². The molecule has 190 valence electrons. The quantitative estimate of drug-likeness (QED) is 0.410. The molecule has 0 saturated carbocycles. The van der Waals surface area contributed by atoms with Gasteiger partial charge in [-0.25, -0.2) is 9.59 Å².